The molecule has 38 heavy (non-hydrogen) atoms. The van der Waals surface area contributed by atoms with Gasteiger partial charge in [0.2, 0.25) is 11.9 Å². The minimum Gasteiger partial charge on any atom is -0.487 e. The van der Waals surface area contributed by atoms with Gasteiger partial charge < -0.3 is 26.8 Å². The third-order valence-corrected chi connectivity index (χ3v) is 8.44. The van der Waals surface area contributed by atoms with Crippen LogP contribution in [0.25, 0.3) is 0 Å². The molecule has 2 aromatic rings. The highest BCUT2D eigenvalue weighted by Crippen LogP contribution is 2.44. The first-order chi connectivity index (χ1) is 17.7. The van der Waals surface area contributed by atoms with Crippen LogP contribution >= 0.6 is 0 Å². The van der Waals surface area contributed by atoms with E-state index in [1.165, 1.54) is 0 Å². The summed E-state index contributed by atoms with van der Waals surface area (Å²) in [7, 11) is -4.05. The van der Waals surface area contributed by atoms with Crippen LogP contribution in [0.2, 0.25) is 0 Å². The molecule has 0 saturated carbocycles. The van der Waals surface area contributed by atoms with Gasteiger partial charge in [0.1, 0.15) is 11.4 Å². The van der Waals surface area contributed by atoms with Crippen molar-refractivity contribution in [3.05, 3.63) is 58.1 Å². The predicted molar refractivity (Wildman–Crippen MR) is 151 cm³/mol. The van der Waals surface area contributed by atoms with E-state index in [1.54, 1.807) is 13.8 Å². The number of guanidine groups is 1. The van der Waals surface area contributed by atoms with E-state index in [1.807, 2.05) is 58.0 Å². The smallest absolute Gasteiger partial charge is 0.286 e. The van der Waals surface area contributed by atoms with Crippen molar-refractivity contribution in [1.82, 2.24) is 10.6 Å². The molecule has 0 fully saturated rings. The van der Waals surface area contributed by atoms with E-state index < -0.39 is 21.7 Å². The van der Waals surface area contributed by atoms with Gasteiger partial charge in [-0.2, -0.15) is 8.42 Å². The number of nitrogens with one attached hydrogen (secondary N) is 2. The lowest BCUT2D eigenvalue weighted by atomic mass is 9.94. The standard InChI is InChI=1S/C28H41N5O4S/c1-17(15-21-11-8-7-9-12-21)32-26(34)23(29)13-10-14-31-27(30)33-38(35,36)25-19(3)18(2)24-22(20(25)4)16-28(5,6)37-24/h7-9,11-12,17,23H,10,13-16,29H2,1-6H3,(H,32,34)(H3,30,31,33)/t17-,23-/m0/s1. The summed E-state index contributed by atoms with van der Waals surface area (Å²) in [5, 5.41) is 5.78. The van der Waals surface area contributed by atoms with Crippen LogP contribution in [0.1, 0.15) is 61.4 Å². The van der Waals surface area contributed by atoms with Gasteiger partial charge in [-0.15, -0.1) is 4.40 Å². The third kappa shape index (κ3) is 7.05. The van der Waals surface area contributed by atoms with E-state index in [9.17, 15) is 13.2 Å². The molecule has 6 N–H and O–H groups in total. The van der Waals surface area contributed by atoms with E-state index in [0.717, 1.165) is 28.9 Å². The van der Waals surface area contributed by atoms with Crippen molar-refractivity contribution in [2.45, 2.75) is 89.8 Å². The number of fused-ring (bicyclic) bond motifs is 1. The van der Waals surface area contributed by atoms with E-state index in [4.69, 9.17) is 16.2 Å². The number of ether oxygens (including phenoxy) is 1. The Morgan fingerprint density at radius 3 is 2.45 bits per heavy atom. The average Bonchev–Trinajstić information content (AvgIpc) is 3.16. The minimum atomic E-state index is -4.05. The van der Waals surface area contributed by atoms with Crippen molar-refractivity contribution in [1.29, 1.82) is 0 Å². The Kier molecular flexibility index (Phi) is 9.09. The van der Waals surface area contributed by atoms with Gasteiger partial charge in [-0.3, -0.25) is 4.79 Å². The van der Waals surface area contributed by atoms with Gasteiger partial charge in [-0.05, 0) is 83.1 Å². The number of nitrogens with zero attached hydrogens (tertiary/aromatic N) is 1. The number of benzene rings is 2. The highest BCUT2D eigenvalue weighted by Gasteiger charge is 2.36. The lowest BCUT2D eigenvalue weighted by Crippen LogP contribution is -2.45. The Labute approximate surface area is 226 Å². The fourth-order valence-corrected chi connectivity index (χ4v) is 6.34. The zero-order chi connectivity index (χ0) is 28.3. The highest BCUT2D eigenvalue weighted by molar-refractivity contribution is 7.90. The second-order valence-corrected chi connectivity index (χ2v) is 12.3. The summed E-state index contributed by atoms with van der Waals surface area (Å²) in [6.45, 7) is 11.6. The molecule has 2 atom stereocenters. The maximum atomic E-state index is 13.2. The monoisotopic (exact) mass is 543 g/mol. The van der Waals surface area contributed by atoms with Gasteiger partial charge in [0.25, 0.3) is 10.0 Å². The molecule has 0 radical (unpaired) electrons. The summed E-state index contributed by atoms with van der Waals surface area (Å²) in [6.07, 6.45) is 2.26. The molecule has 1 heterocycles. The molecule has 2 aromatic carbocycles. The van der Waals surface area contributed by atoms with Crippen molar-refractivity contribution >= 4 is 21.9 Å². The first kappa shape index (κ1) is 29.4. The quantitative estimate of drug-likeness (QED) is 0.204. The average molecular weight is 544 g/mol. The Morgan fingerprint density at radius 2 is 1.79 bits per heavy atom. The number of rotatable bonds is 10. The van der Waals surface area contributed by atoms with Crippen LogP contribution in [0.4, 0.5) is 0 Å². The van der Waals surface area contributed by atoms with Gasteiger partial charge in [0.15, 0.2) is 0 Å². The Bertz CT molecular complexity index is 1310. The Hall–Kier alpha value is -3.11. The topological polar surface area (TPSA) is 149 Å². The SMILES string of the molecule is Cc1c(C)c(S(=O)(=O)/N=C(\N)NCCC[C@H](N)C(=O)N[C@@H](C)Cc2ccccc2)c(C)c2c1OC(C)(C)C2. The summed E-state index contributed by atoms with van der Waals surface area (Å²) in [5.41, 5.74) is 15.7. The van der Waals surface area contributed by atoms with Gasteiger partial charge >= 0.3 is 0 Å². The third-order valence-electron chi connectivity index (χ3n) is 6.88. The zero-order valence-corrected chi connectivity index (χ0v) is 24.0. The van der Waals surface area contributed by atoms with Crippen LogP contribution in [0.15, 0.2) is 39.6 Å². The Morgan fingerprint density at radius 1 is 1.13 bits per heavy atom. The molecule has 9 nitrogen and oxygen atoms in total. The number of sulfonamides is 1. The van der Waals surface area contributed by atoms with E-state index in [2.05, 4.69) is 15.0 Å². The van der Waals surface area contributed by atoms with Crippen LogP contribution in [0.5, 0.6) is 5.75 Å². The number of nitrogens with two attached hydrogens (primary N) is 2. The van der Waals surface area contributed by atoms with Gasteiger partial charge in [-0.1, -0.05) is 30.3 Å². The lowest BCUT2D eigenvalue weighted by molar-refractivity contribution is -0.123. The minimum absolute atomic E-state index is 0.0468. The van der Waals surface area contributed by atoms with Crippen LogP contribution in [0.3, 0.4) is 0 Å². The number of hydrogen-bond acceptors (Lipinski definition) is 5. The van der Waals surface area contributed by atoms with Crippen molar-refractivity contribution in [2.24, 2.45) is 15.9 Å². The van der Waals surface area contributed by atoms with Crippen LogP contribution < -0.4 is 26.8 Å². The molecular formula is C28H41N5O4S. The van der Waals surface area contributed by atoms with Crippen molar-refractivity contribution in [3.8, 4) is 5.75 Å². The molecule has 0 spiro atoms. The molecule has 0 bridgehead atoms. The van der Waals surface area contributed by atoms with Gasteiger partial charge in [0.05, 0.1) is 10.9 Å². The second kappa shape index (κ2) is 11.7. The highest BCUT2D eigenvalue weighted by atomic mass is 32.2. The summed E-state index contributed by atoms with van der Waals surface area (Å²) in [4.78, 5) is 12.6. The molecule has 0 aromatic heterocycles. The molecule has 1 aliphatic rings. The fourth-order valence-electron chi connectivity index (χ4n) is 4.88. The number of amides is 1. The summed E-state index contributed by atoms with van der Waals surface area (Å²) < 4.78 is 36.4. The van der Waals surface area contributed by atoms with Crippen LogP contribution in [-0.2, 0) is 27.7 Å². The molecule has 1 amide bonds. The number of hydrogen-bond donors (Lipinski definition) is 4. The predicted octanol–water partition coefficient (Wildman–Crippen LogP) is 2.77. The Balaban J connectivity index is 1.55. The van der Waals surface area contributed by atoms with E-state index in [-0.39, 0.29) is 22.8 Å². The molecule has 0 aliphatic carbocycles. The molecule has 208 valence electrons. The number of carbonyl (C=O) groups excluding carboxylic acids is 1. The number of carbonyl (C=O) groups is 1. The largest absolute Gasteiger partial charge is 0.487 e. The lowest BCUT2D eigenvalue weighted by Gasteiger charge is -2.18. The fraction of sp³-hybridized carbons (Fsp3) is 0.500. The summed E-state index contributed by atoms with van der Waals surface area (Å²) >= 11 is 0. The molecular weight excluding hydrogens is 502 g/mol. The van der Waals surface area contributed by atoms with Gasteiger partial charge in [-0.25, -0.2) is 0 Å². The van der Waals surface area contributed by atoms with Crippen LogP contribution in [0, 0.1) is 20.8 Å². The van der Waals surface area contributed by atoms with Crippen molar-refractivity contribution in [2.75, 3.05) is 6.54 Å². The molecule has 0 saturated heterocycles. The first-order valence-electron chi connectivity index (χ1n) is 13.0. The summed E-state index contributed by atoms with van der Waals surface area (Å²) in [6, 6.07) is 9.20. The summed E-state index contributed by atoms with van der Waals surface area (Å²) in [5.74, 6) is 0.338. The molecule has 1 aliphatic heterocycles. The maximum absolute atomic E-state index is 13.2. The normalized spacial score (nSPS) is 16.3. The first-order valence-corrected chi connectivity index (χ1v) is 14.4. The maximum Gasteiger partial charge on any atom is 0.286 e. The van der Waals surface area contributed by atoms with Crippen molar-refractivity contribution < 1.29 is 17.9 Å². The van der Waals surface area contributed by atoms with Gasteiger partial charge in [0, 0.05) is 24.6 Å². The van der Waals surface area contributed by atoms with E-state index in [0.29, 0.717) is 36.9 Å². The molecule has 10 heteroatoms. The molecule has 0 unspecified atom stereocenters. The second-order valence-electron chi connectivity index (χ2n) is 10.8. The zero-order valence-electron chi connectivity index (χ0n) is 23.2. The van der Waals surface area contributed by atoms with Crippen LogP contribution in [-0.4, -0.2) is 44.5 Å². The van der Waals surface area contributed by atoms with Crippen molar-refractivity contribution in [3.63, 3.8) is 0 Å². The molecule has 3 rings (SSSR count). The van der Waals surface area contributed by atoms with E-state index >= 15 is 0 Å².